The van der Waals surface area contributed by atoms with Crippen LogP contribution in [0.5, 0.6) is 0 Å². The number of pyridine rings is 1. The Balaban J connectivity index is 1.55. The Morgan fingerprint density at radius 1 is 0.846 bits per heavy atom. The summed E-state index contributed by atoms with van der Waals surface area (Å²) in [5, 5.41) is 7.13. The molecule has 0 saturated heterocycles. The van der Waals surface area contributed by atoms with E-state index >= 15 is 0 Å². The van der Waals surface area contributed by atoms with Crippen molar-refractivity contribution in [2.45, 2.75) is 6.04 Å². The summed E-state index contributed by atoms with van der Waals surface area (Å²) in [5.74, 6) is 0.637. The number of hydrogen-bond donors (Lipinski definition) is 0. The standard InChI is InChI=1S/C18H11N7S/c1-3-7-13-11(5-1)15(12-6-2-4-8-14(12)23-13)24-25-26-18-16-17(20-9-19-16)21-10-22-18/h1-10,16H. The zero-order valence-corrected chi connectivity index (χ0v) is 14.2. The van der Waals surface area contributed by atoms with E-state index in [-0.39, 0.29) is 6.04 Å². The van der Waals surface area contributed by atoms with Gasteiger partial charge in [0.1, 0.15) is 23.4 Å². The van der Waals surface area contributed by atoms with Crippen LogP contribution in [0.4, 0.5) is 5.69 Å². The molecule has 8 heteroatoms. The van der Waals surface area contributed by atoms with Crippen LogP contribution in [-0.4, -0.2) is 34.6 Å². The summed E-state index contributed by atoms with van der Waals surface area (Å²) in [6.07, 6.45) is 2.97. The molecule has 0 bridgehead atoms. The van der Waals surface area contributed by atoms with Gasteiger partial charge < -0.3 is 0 Å². The highest BCUT2D eigenvalue weighted by atomic mass is 32.2. The minimum atomic E-state index is -0.269. The molecule has 0 spiro atoms. The summed E-state index contributed by atoms with van der Waals surface area (Å²) in [6, 6.07) is 15.6. The quantitative estimate of drug-likeness (QED) is 0.387. The Hall–Kier alpha value is -3.26. The molecule has 0 aliphatic carbocycles. The van der Waals surface area contributed by atoms with Crippen molar-refractivity contribution >= 4 is 63.0 Å². The Labute approximate surface area is 152 Å². The smallest absolute Gasteiger partial charge is 0.163 e. The first-order valence-electron chi connectivity index (χ1n) is 7.95. The highest BCUT2D eigenvalue weighted by molar-refractivity contribution is 8.13. The van der Waals surface area contributed by atoms with E-state index in [0.717, 1.165) is 27.5 Å². The van der Waals surface area contributed by atoms with Crippen molar-refractivity contribution in [1.29, 1.82) is 0 Å². The SMILES string of the molecule is C1=NC2=NC=NC2C(SN=Nc2c3ccccc3nc3ccccc23)=N1. The molecule has 26 heavy (non-hydrogen) atoms. The second-order valence-corrected chi connectivity index (χ2v) is 6.40. The van der Waals surface area contributed by atoms with Gasteiger partial charge in [0, 0.05) is 10.8 Å². The molecule has 1 aromatic heterocycles. The number of amidine groups is 1. The molecular formula is C18H11N7S. The molecule has 2 aliphatic heterocycles. The van der Waals surface area contributed by atoms with E-state index < -0.39 is 0 Å². The third-order valence-electron chi connectivity index (χ3n) is 4.09. The van der Waals surface area contributed by atoms with E-state index in [0.29, 0.717) is 10.9 Å². The molecule has 1 atom stereocenters. The van der Waals surface area contributed by atoms with Crippen molar-refractivity contribution in [3.8, 4) is 0 Å². The van der Waals surface area contributed by atoms with Crippen LogP contribution in [0.3, 0.4) is 0 Å². The molecular weight excluding hydrogens is 346 g/mol. The van der Waals surface area contributed by atoms with E-state index in [2.05, 4.69) is 29.6 Å². The lowest BCUT2D eigenvalue weighted by molar-refractivity contribution is 1.16. The fraction of sp³-hybridized carbons (Fsp3) is 0.0556. The Morgan fingerprint density at radius 2 is 1.58 bits per heavy atom. The highest BCUT2D eigenvalue weighted by Crippen LogP contribution is 2.34. The first-order valence-corrected chi connectivity index (χ1v) is 8.72. The van der Waals surface area contributed by atoms with Crippen molar-refractivity contribution in [1.82, 2.24) is 4.98 Å². The van der Waals surface area contributed by atoms with Crippen LogP contribution in [0.25, 0.3) is 21.8 Å². The zero-order chi connectivity index (χ0) is 17.3. The molecule has 0 radical (unpaired) electrons. The van der Waals surface area contributed by atoms with E-state index in [9.17, 15) is 0 Å². The lowest BCUT2D eigenvalue weighted by Gasteiger charge is -2.10. The number of hydrogen-bond acceptors (Lipinski definition) is 8. The molecule has 3 heterocycles. The van der Waals surface area contributed by atoms with Crippen molar-refractivity contribution in [2.24, 2.45) is 29.6 Å². The number of aromatic nitrogens is 1. The van der Waals surface area contributed by atoms with Gasteiger partial charge in [-0.15, -0.1) is 9.63 Å². The maximum absolute atomic E-state index is 4.70. The lowest BCUT2D eigenvalue weighted by atomic mass is 10.1. The minimum Gasteiger partial charge on any atom is -0.255 e. The van der Waals surface area contributed by atoms with Crippen LogP contribution in [0, 0.1) is 0 Å². The summed E-state index contributed by atoms with van der Waals surface area (Å²) in [7, 11) is 0. The Kier molecular flexibility index (Phi) is 3.60. The van der Waals surface area contributed by atoms with Gasteiger partial charge in [-0.3, -0.25) is 4.99 Å². The predicted octanol–water partition coefficient (Wildman–Crippen LogP) is 4.37. The molecule has 0 amide bonds. The number of nitrogens with zero attached hydrogens (tertiary/aromatic N) is 7. The minimum absolute atomic E-state index is 0.269. The van der Waals surface area contributed by atoms with Crippen LogP contribution in [0.1, 0.15) is 0 Å². The van der Waals surface area contributed by atoms with E-state index in [1.807, 2.05) is 48.5 Å². The number of fused-ring (bicyclic) bond motifs is 3. The van der Waals surface area contributed by atoms with Crippen molar-refractivity contribution < 1.29 is 0 Å². The summed E-state index contributed by atoms with van der Waals surface area (Å²) >= 11 is 1.19. The average molecular weight is 357 g/mol. The molecule has 3 aromatic rings. The van der Waals surface area contributed by atoms with Crippen molar-refractivity contribution in [3.05, 3.63) is 48.5 Å². The number of benzene rings is 2. The fourth-order valence-corrected chi connectivity index (χ4v) is 3.46. The maximum atomic E-state index is 4.70. The van der Waals surface area contributed by atoms with Gasteiger partial charge in [0.25, 0.3) is 0 Å². The van der Waals surface area contributed by atoms with Crippen LogP contribution >= 0.6 is 11.9 Å². The Morgan fingerprint density at radius 3 is 2.35 bits per heavy atom. The monoisotopic (exact) mass is 357 g/mol. The molecule has 5 rings (SSSR count). The molecule has 7 nitrogen and oxygen atoms in total. The van der Waals surface area contributed by atoms with Gasteiger partial charge >= 0.3 is 0 Å². The topological polar surface area (TPSA) is 87.0 Å². The lowest BCUT2D eigenvalue weighted by Crippen LogP contribution is -2.25. The average Bonchev–Trinajstić information content (AvgIpc) is 3.17. The maximum Gasteiger partial charge on any atom is 0.163 e. The van der Waals surface area contributed by atoms with Gasteiger partial charge in [0.05, 0.1) is 23.0 Å². The fourth-order valence-electron chi connectivity index (χ4n) is 2.89. The summed E-state index contributed by atoms with van der Waals surface area (Å²) in [5.41, 5.74) is 2.58. The van der Waals surface area contributed by atoms with Crippen LogP contribution < -0.4 is 0 Å². The first kappa shape index (κ1) is 15.0. The number of aliphatic imine (C=N–C) groups is 4. The van der Waals surface area contributed by atoms with Gasteiger partial charge in [-0.05, 0) is 12.1 Å². The van der Waals surface area contributed by atoms with E-state index in [1.165, 1.54) is 24.6 Å². The third kappa shape index (κ3) is 2.51. The van der Waals surface area contributed by atoms with Crippen LogP contribution in [0.2, 0.25) is 0 Å². The van der Waals surface area contributed by atoms with Crippen LogP contribution in [0.15, 0.2) is 78.1 Å². The van der Waals surface area contributed by atoms with Gasteiger partial charge in [0.15, 0.2) is 11.9 Å². The molecule has 0 N–H and O–H groups in total. The first-order chi connectivity index (χ1) is 12.9. The molecule has 0 fully saturated rings. The second kappa shape index (κ2) is 6.23. The van der Waals surface area contributed by atoms with E-state index in [4.69, 9.17) is 4.98 Å². The van der Waals surface area contributed by atoms with Crippen molar-refractivity contribution in [2.75, 3.05) is 0 Å². The third-order valence-corrected chi connectivity index (χ3v) is 4.77. The van der Waals surface area contributed by atoms with Gasteiger partial charge in [-0.25, -0.2) is 20.0 Å². The van der Waals surface area contributed by atoms with Gasteiger partial charge in [-0.2, -0.15) is 0 Å². The van der Waals surface area contributed by atoms with Crippen molar-refractivity contribution in [3.63, 3.8) is 0 Å². The zero-order valence-electron chi connectivity index (χ0n) is 13.4. The predicted molar refractivity (Wildman–Crippen MR) is 107 cm³/mol. The number of para-hydroxylation sites is 2. The number of rotatable bonds is 2. The normalized spacial score (nSPS) is 18.5. The summed E-state index contributed by atoms with van der Waals surface area (Å²) in [4.78, 5) is 21.4. The molecule has 0 saturated carbocycles. The van der Waals surface area contributed by atoms with Gasteiger partial charge in [0.2, 0.25) is 0 Å². The largest absolute Gasteiger partial charge is 0.255 e. The highest BCUT2D eigenvalue weighted by Gasteiger charge is 2.26. The summed E-state index contributed by atoms with van der Waals surface area (Å²) < 4.78 is 4.32. The van der Waals surface area contributed by atoms with Gasteiger partial charge in [-0.1, -0.05) is 36.4 Å². The second-order valence-electron chi connectivity index (χ2n) is 5.63. The molecule has 1 unspecified atom stereocenters. The summed E-state index contributed by atoms with van der Waals surface area (Å²) in [6.45, 7) is 0. The molecule has 2 aliphatic rings. The molecule has 124 valence electrons. The Bertz CT molecular complexity index is 1120. The van der Waals surface area contributed by atoms with E-state index in [1.54, 1.807) is 0 Å². The molecule has 2 aromatic carbocycles. The van der Waals surface area contributed by atoms with Crippen LogP contribution in [-0.2, 0) is 0 Å².